The van der Waals surface area contributed by atoms with Crippen LogP contribution in [0.5, 0.6) is 0 Å². The van der Waals surface area contributed by atoms with Crippen LogP contribution in [0.4, 0.5) is 5.82 Å². The molecule has 1 aliphatic rings. The van der Waals surface area contributed by atoms with Gasteiger partial charge in [0.05, 0.1) is 12.4 Å². The third kappa shape index (κ3) is 3.52. The number of likely N-dealkylation sites (tertiary alicyclic amines) is 1. The van der Waals surface area contributed by atoms with Crippen LogP contribution in [-0.4, -0.2) is 52.4 Å². The third-order valence-corrected chi connectivity index (χ3v) is 3.81. The lowest BCUT2D eigenvalue weighted by Gasteiger charge is -2.32. The van der Waals surface area contributed by atoms with Gasteiger partial charge in [0.15, 0.2) is 0 Å². The molecule has 1 aromatic rings. The predicted molar refractivity (Wildman–Crippen MR) is 83.4 cm³/mol. The second kappa shape index (κ2) is 5.90. The van der Waals surface area contributed by atoms with Crippen molar-refractivity contribution in [3.8, 4) is 0 Å². The molecule has 22 heavy (non-hydrogen) atoms. The largest absolute Gasteiger partial charge is 0.364 e. The highest BCUT2D eigenvalue weighted by Crippen LogP contribution is 2.26. The van der Waals surface area contributed by atoms with E-state index in [9.17, 15) is 9.59 Å². The van der Waals surface area contributed by atoms with Crippen molar-refractivity contribution in [1.82, 2.24) is 14.9 Å². The minimum absolute atomic E-state index is 0.142. The summed E-state index contributed by atoms with van der Waals surface area (Å²) in [7, 11) is 1.87. The molecule has 120 valence electrons. The molecular weight excluding hydrogens is 282 g/mol. The lowest BCUT2D eigenvalue weighted by Crippen LogP contribution is -2.42. The molecule has 1 aliphatic heterocycles. The molecule has 0 radical (unpaired) electrons. The SMILES string of the molecule is CN(C[C@@H]1CC(=O)N(C(C)(C)C)C1)c1cncc(C(N)=O)n1. The molecule has 0 spiro atoms. The molecule has 1 aromatic heterocycles. The quantitative estimate of drug-likeness (QED) is 0.882. The van der Waals surface area contributed by atoms with Crippen LogP contribution >= 0.6 is 0 Å². The standard InChI is InChI=1S/C15H23N5O2/c1-15(2,3)20-9-10(5-13(20)21)8-19(4)12-7-17-6-11(18-12)14(16)22/h6-7,10H,5,8-9H2,1-4H3,(H2,16,22)/t10-/m0/s1. The molecule has 0 saturated carbocycles. The van der Waals surface area contributed by atoms with Gasteiger partial charge in [-0.1, -0.05) is 0 Å². The van der Waals surface area contributed by atoms with Crippen LogP contribution in [0.15, 0.2) is 12.4 Å². The minimum atomic E-state index is -0.599. The number of aromatic nitrogens is 2. The number of hydrogen-bond acceptors (Lipinski definition) is 5. The van der Waals surface area contributed by atoms with Gasteiger partial charge in [-0.25, -0.2) is 4.98 Å². The molecule has 2 amide bonds. The van der Waals surface area contributed by atoms with Crippen LogP contribution < -0.4 is 10.6 Å². The first-order chi connectivity index (χ1) is 10.2. The van der Waals surface area contributed by atoms with E-state index < -0.39 is 5.91 Å². The van der Waals surface area contributed by atoms with Gasteiger partial charge in [0, 0.05) is 38.0 Å². The molecule has 1 atom stereocenters. The zero-order valence-corrected chi connectivity index (χ0v) is 13.5. The number of anilines is 1. The summed E-state index contributed by atoms with van der Waals surface area (Å²) in [4.78, 5) is 35.3. The van der Waals surface area contributed by atoms with Crippen LogP contribution in [0.2, 0.25) is 0 Å². The summed E-state index contributed by atoms with van der Waals surface area (Å²) >= 11 is 0. The maximum absolute atomic E-state index is 12.1. The van der Waals surface area contributed by atoms with Gasteiger partial charge < -0.3 is 15.5 Å². The van der Waals surface area contributed by atoms with E-state index in [1.54, 1.807) is 6.20 Å². The van der Waals surface area contributed by atoms with Crippen LogP contribution in [0.3, 0.4) is 0 Å². The van der Waals surface area contributed by atoms with Gasteiger partial charge in [0.25, 0.3) is 5.91 Å². The van der Waals surface area contributed by atoms with Crippen molar-refractivity contribution in [2.45, 2.75) is 32.7 Å². The Morgan fingerprint density at radius 3 is 2.68 bits per heavy atom. The second-order valence-electron chi connectivity index (χ2n) is 6.75. The Labute approximate surface area is 130 Å². The molecule has 2 heterocycles. The Balaban J connectivity index is 2.04. The fourth-order valence-corrected chi connectivity index (χ4v) is 2.69. The lowest BCUT2D eigenvalue weighted by atomic mass is 10.1. The number of hydrogen-bond donors (Lipinski definition) is 1. The van der Waals surface area contributed by atoms with Crippen molar-refractivity contribution in [2.75, 3.05) is 25.0 Å². The molecular formula is C15H23N5O2. The Kier molecular flexibility index (Phi) is 4.35. The Morgan fingerprint density at radius 2 is 2.14 bits per heavy atom. The average Bonchev–Trinajstić information content (AvgIpc) is 2.79. The fraction of sp³-hybridized carbons (Fsp3) is 0.600. The molecule has 0 aromatic carbocycles. The smallest absolute Gasteiger partial charge is 0.268 e. The number of amides is 2. The van der Waals surface area contributed by atoms with E-state index in [1.165, 1.54) is 6.20 Å². The summed E-state index contributed by atoms with van der Waals surface area (Å²) in [5.41, 5.74) is 5.20. The highest BCUT2D eigenvalue weighted by molar-refractivity contribution is 5.90. The van der Waals surface area contributed by atoms with E-state index >= 15 is 0 Å². The highest BCUT2D eigenvalue weighted by atomic mass is 16.2. The maximum atomic E-state index is 12.1. The van der Waals surface area contributed by atoms with Gasteiger partial charge in [-0.15, -0.1) is 0 Å². The zero-order valence-electron chi connectivity index (χ0n) is 13.5. The number of rotatable bonds is 4. The average molecular weight is 305 g/mol. The molecule has 2 N–H and O–H groups in total. The van der Waals surface area contributed by atoms with Crippen LogP contribution in [0.1, 0.15) is 37.7 Å². The monoisotopic (exact) mass is 305 g/mol. The molecule has 0 aliphatic carbocycles. The molecule has 1 saturated heterocycles. The van der Waals surface area contributed by atoms with Crippen molar-refractivity contribution < 1.29 is 9.59 Å². The zero-order chi connectivity index (χ0) is 16.5. The van der Waals surface area contributed by atoms with E-state index in [-0.39, 0.29) is 23.1 Å². The summed E-state index contributed by atoms with van der Waals surface area (Å²) in [5, 5.41) is 0. The second-order valence-corrected chi connectivity index (χ2v) is 6.75. The van der Waals surface area contributed by atoms with Crippen LogP contribution in [0.25, 0.3) is 0 Å². The Bertz CT molecular complexity index is 582. The van der Waals surface area contributed by atoms with Gasteiger partial charge >= 0.3 is 0 Å². The molecule has 7 nitrogen and oxygen atoms in total. The van der Waals surface area contributed by atoms with Crippen molar-refractivity contribution in [2.24, 2.45) is 11.7 Å². The number of carbonyl (C=O) groups excluding carboxylic acids is 2. The first kappa shape index (κ1) is 16.2. The minimum Gasteiger partial charge on any atom is -0.364 e. The Morgan fingerprint density at radius 1 is 1.45 bits per heavy atom. The lowest BCUT2D eigenvalue weighted by molar-refractivity contribution is -0.131. The highest BCUT2D eigenvalue weighted by Gasteiger charge is 2.36. The van der Waals surface area contributed by atoms with E-state index in [4.69, 9.17) is 5.73 Å². The number of carbonyl (C=O) groups is 2. The summed E-state index contributed by atoms with van der Waals surface area (Å²) < 4.78 is 0. The summed E-state index contributed by atoms with van der Waals surface area (Å²) in [6, 6.07) is 0. The van der Waals surface area contributed by atoms with Gasteiger partial charge in [-0.05, 0) is 20.8 Å². The number of nitrogens with two attached hydrogens (primary N) is 1. The summed E-state index contributed by atoms with van der Waals surface area (Å²) in [6.07, 6.45) is 3.47. The molecule has 0 bridgehead atoms. The van der Waals surface area contributed by atoms with E-state index in [2.05, 4.69) is 9.97 Å². The van der Waals surface area contributed by atoms with E-state index in [0.29, 0.717) is 18.8 Å². The van der Waals surface area contributed by atoms with Crippen molar-refractivity contribution >= 4 is 17.6 Å². The molecule has 0 unspecified atom stereocenters. The van der Waals surface area contributed by atoms with Crippen molar-refractivity contribution in [3.05, 3.63) is 18.1 Å². The molecule has 1 fully saturated rings. The topological polar surface area (TPSA) is 92.4 Å². The number of nitrogens with zero attached hydrogens (tertiary/aromatic N) is 4. The maximum Gasteiger partial charge on any atom is 0.268 e. The van der Waals surface area contributed by atoms with E-state index in [0.717, 1.165) is 6.54 Å². The predicted octanol–water partition coefficient (Wildman–Crippen LogP) is 0.659. The summed E-state index contributed by atoms with van der Waals surface area (Å²) in [5.74, 6) is 0.397. The van der Waals surface area contributed by atoms with Gasteiger partial charge in [0.1, 0.15) is 11.5 Å². The van der Waals surface area contributed by atoms with Crippen LogP contribution in [0, 0.1) is 5.92 Å². The number of primary amides is 1. The Hall–Kier alpha value is -2.18. The van der Waals surface area contributed by atoms with Crippen molar-refractivity contribution in [3.63, 3.8) is 0 Å². The normalized spacial score (nSPS) is 18.6. The van der Waals surface area contributed by atoms with Gasteiger partial charge in [0.2, 0.25) is 5.91 Å². The first-order valence-corrected chi connectivity index (χ1v) is 7.32. The first-order valence-electron chi connectivity index (χ1n) is 7.32. The van der Waals surface area contributed by atoms with Gasteiger partial charge in [-0.2, -0.15) is 0 Å². The molecule has 2 rings (SSSR count). The van der Waals surface area contributed by atoms with Crippen molar-refractivity contribution in [1.29, 1.82) is 0 Å². The van der Waals surface area contributed by atoms with Crippen LogP contribution in [-0.2, 0) is 4.79 Å². The van der Waals surface area contributed by atoms with Gasteiger partial charge in [-0.3, -0.25) is 14.6 Å². The summed E-state index contributed by atoms with van der Waals surface area (Å²) in [6.45, 7) is 7.53. The fourth-order valence-electron chi connectivity index (χ4n) is 2.69. The van der Waals surface area contributed by atoms with E-state index in [1.807, 2.05) is 37.6 Å². The molecule has 7 heteroatoms. The third-order valence-electron chi connectivity index (χ3n) is 3.81.